The number of rotatable bonds is 5. The second-order valence-electron chi connectivity index (χ2n) is 7.11. The van der Waals surface area contributed by atoms with Crippen LogP contribution >= 0.6 is 0 Å². The van der Waals surface area contributed by atoms with Crippen LogP contribution in [0, 0.1) is 0 Å². The molecule has 0 unspecified atom stereocenters. The molecule has 1 amide bonds. The van der Waals surface area contributed by atoms with Gasteiger partial charge >= 0.3 is 0 Å². The first-order valence-electron chi connectivity index (χ1n) is 9.60. The fourth-order valence-electron chi connectivity index (χ4n) is 3.85. The van der Waals surface area contributed by atoms with Crippen molar-refractivity contribution >= 4 is 11.6 Å². The number of pyridine rings is 1. The average Bonchev–Trinajstić information content (AvgIpc) is 3.16. The van der Waals surface area contributed by atoms with Crippen molar-refractivity contribution in [3.63, 3.8) is 0 Å². The molecule has 1 saturated heterocycles. The van der Waals surface area contributed by atoms with Crippen molar-refractivity contribution in [1.82, 2.24) is 14.3 Å². The third-order valence-corrected chi connectivity index (χ3v) is 5.31. The molecule has 5 nitrogen and oxygen atoms in total. The van der Waals surface area contributed by atoms with Gasteiger partial charge in [0.2, 0.25) is 0 Å². The van der Waals surface area contributed by atoms with Crippen LogP contribution in [0.3, 0.4) is 0 Å². The predicted molar refractivity (Wildman–Crippen MR) is 106 cm³/mol. The maximum Gasteiger partial charge on any atom is 0.255 e. The largest absolute Gasteiger partial charge is 0.385 e. The van der Waals surface area contributed by atoms with Crippen molar-refractivity contribution in [2.45, 2.75) is 31.7 Å². The van der Waals surface area contributed by atoms with Crippen molar-refractivity contribution in [2.24, 2.45) is 0 Å². The summed E-state index contributed by atoms with van der Waals surface area (Å²) < 4.78 is 7.18. The number of ether oxygens (including phenoxy) is 1. The maximum atomic E-state index is 13.1. The average molecular weight is 363 g/mol. The lowest BCUT2D eigenvalue weighted by Gasteiger charge is -2.35. The summed E-state index contributed by atoms with van der Waals surface area (Å²) in [6.45, 7) is 1.51. The van der Waals surface area contributed by atoms with Crippen molar-refractivity contribution in [1.29, 1.82) is 0 Å². The molecule has 140 valence electrons. The van der Waals surface area contributed by atoms with Crippen LogP contribution in [-0.2, 0) is 4.74 Å². The summed E-state index contributed by atoms with van der Waals surface area (Å²) >= 11 is 0. The number of hydrogen-bond donors (Lipinski definition) is 0. The second-order valence-corrected chi connectivity index (χ2v) is 7.11. The molecule has 2 aromatic heterocycles. The Balaban J connectivity index is 1.60. The van der Waals surface area contributed by atoms with Gasteiger partial charge in [-0.15, -0.1) is 0 Å². The molecule has 0 N–H and O–H groups in total. The van der Waals surface area contributed by atoms with E-state index in [0.29, 0.717) is 12.2 Å². The number of carbonyl (C=O) groups is 1. The number of carbonyl (C=O) groups excluding carboxylic acids is 1. The van der Waals surface area contributed by atoms with E-state index in [4.69, 9.17) is 4.74 Å². The van der Waals surface area contributed by atoms with Gasteiger partial charge in [-0.05, 0) is 37.8 Å². The lowest BCUT2D eigenvalue weighted by Crippen LogP contribution is -2.44. The zero-order chi connectivity index (χ0) is 18.6. The minimum absolute atomic E-state index is 0.104. The van der Waals surface area contributed by atoms with Crippen molar-refractivity contribution in [3.05, 3.63) is 60.4 Å². The minimum Gasteiger partial charge on any atom is -0.385 e. The zero-order valence-corrected chi connectivity index (χ0v) is 15.7. The molecule has 3 aromatic rings. The number of piperidine rings is 1. The van der Waals surface area contributed by atoms with Crippen molar-refractivity contribution in [3.8, 4) is 11.3 Å². The summed E-state index contributed by atoms with van der Waals surface area (Å²) in [6, 6.07) is 14.2. The maximum absolute atomic E-state index is 13.1. The van der Waals surface area contributed by atoms with E-state index in [1.54, 1.807) is 7.11 Å². The molecular weight excluding hydrogens is 338 g/mol. The molecule has 4 rings (SSSR count). The molecule has 1 aromatic carbocycles. The van der Waals surface area contributed by atoms with E-state index < -0.39 is 0 Å². The molecule has 1 fully saturated rings. The standard InChI is InChI=1S/C22H25N3O2/c1-27-14-12-19-9-5-6-13-25(19)22(26)18-10-11-21-23-20(16-24(21)15-18)17-7-3-2-4-8-17/h2-4,7-8,10-11,15-16,19H,5-6,9,12-14H2,1H3/t19-/m1/s1. The van der Waals surface area contributed by atoms with E-state index in [2.05, 4.69) is 4.98 Å². The normalized spacial score (nSPS) is 17.4. The molecule has 0 bridgehead atoms. The molecule has 1 atom stereocenters. The van der Waals surface area contributed by atoms with Gasteiger partial charge in [-0.3, -0.25) is 4.79 Å². The second kappa shape index (κ2) is 7.92. The molecule has 1 aliphatic rings. The molecule has 0 saturated carbocycles. The van der Waals surface area contributed by atoms with Crippen molar-refractivity contribution < 1.29 is 9.53 Å². The first-order valence-corrected chi connectivity index (χ1v) is 9.60. The Labute approximate surface area is 159 Å². The summed E-state index contributed by atoms with van der Waals surface area (Å²) in [7, 11) is 1.71. The van der Waals surface area contributed by atoms with Gasteiger partial charge in [0.25, 0.3) is 5.91 Å². The Bertz CT molecular complexity index is 920. The Morgan fingerprint density at radius 1 is 1.15 bits per heavy atom. The molecule has 3 heterocycles. The Morgan fingerprint density at radius 2 is 2.00 bits per heavy atom. The van der Waals surface area contributed by atoms with Crippen LogP contribution in [0.15, 0.2) is 54.9 Å². The molecule has 27 heavy (non-hydrogen) atoms. The van der Waals surface area contributed by atoms with Gasteiger partial charge in [0.1, 0.15) is 5.65 Å². The first-order chi connectivity index (χ1) is 13.3. The highest BCUT2D eigenvalue weighted by Gasteiger charge is 2.27. The number of nitrogens with zero attached hydrogens (tertiary/aromatic N) is 3. The van der Waals surface area contributed by atoms with Crippen LogP contribution in [0.25, 0.3) is 16.9 Å². The van der Waals surface area contributed by atoms with Crippen LogP contribution in [0.4, 0.5) is 0 Å². The molecular formula is C22H25N3O2. The summed E-state index contributed by atoms with van der Waals surface area (Å²) in [5, 5.41) is 0. The van der Waals surface area contributed by atoms with Crippen LogP contribution in [0.1, 0.15) is 36.0 Å². The highest BCUT2D eigenvalue weighted by Crippen LogP contribution is 2.23. The predicted octanol–water partition coefficient (Wildman–Crippen LogP) is 4.03. The number of hydrogen-bond acceptors (Lipinski definition) is 3. The quantitative estimate of drug-likeness (QED) is 0.687. The molecule has 5 heteroatoms. The van der Waals surface area contributed by atoms with Crippen LogP contribution in [0.5, 0.6) is 0 Å². The number of aromatic nitrogens is 2. The lowest BCUT2D eigenvalue weighted by atomic mass is 9.98. The zero-order valence-electron chi connectivity index (χ0n) is 15.7. The Morgan fingerprint density at radius 3 is 2.81 bits per heavy atom. The summed E-state index contributed by atoms with van der Waals surface area (Å²) in [5.41, 5.74) is 3.55. The highest BCUT2D eigenvalue weighted by molar-refractivity contribution is 5.94. The van der Waals surface area contributed by atoms with Gasteiger partial charge in [-0.25, -0.2) is 4.98 Å². The van der Waals surface area contributed by atoms with Crippen LogP contribution in [-0.4, -0.2) is 46.5 Å². The molecule has 1 aliphatic heterocycles. The fraction of sp³-hybridized carbons (Fsp3) is 0.364. The third-order valence-electron chi connectivity index (χ3n) is 5.31. The molecule has 0 aliphatic carbocycles. The number of likely N-dealkylation sites (tertiary alicyclic amines) is 1. The lowest BCUT2D eigenvalue weighted by molar-refractivity contribution is 0.0552. The number of imidazole rings is 1. The van der Waals surface area contributed by atoms with Gasteiger partial charge in [-0.2, -0.15) is 0 Å². The van der Waals surface area contributed by atoms with E-state index in [0.717, 1.165) is 42.7 Å². The van der Waals surface area contributed by atoms with Gasteiger partial charge in [-0.1, -0.05) is 30.3 Å². The van der Waals surface area contributed by atoms with Crippen LogP contribution in [0.2, 0.25) is 0 Å². The Kier molecular flexibility index (Phi) is 5.21. The molecule has 0 spiro atoms. The number of methoxy groups -OCH3 is 1. The number of fused-ring (bicyclic) bond motifs is 1. The minimum atomic E-state index is 0.104. The summed E-state index contributed by atoms with van der Waals surface area (Å²) in [6.07, 6.45) is 8.09. The van der Waals surface area contributed by atoms with E-state index in [1.165, 1.54) is 6.42 Å². The smallest absolute Gasteiger partial charge is 0.255 e. The third kappa shape index (κ3) is 3.74. The van der Waals surface area contributed by atoms with Gasteiger partial charge in [0, 0.05) is 44.3 Å². The summed E-state index contributed by atoms with van der Waals surface area (Å²) in [5.74, 6) is 0.104. The van der Waals surface area contributed by atoms with E-state index >= 15 is 0 Å². The van der Waals surface area contributed by atoms with Crippen LogP contribution < -0.4 is 0 Å². The number of amides is 1. The summed E-state index contributed by atoms with van der Waals surface area (Å²) in [4.78, 5) is 19.8. The van der Waals surface area contributed by atoms with E-state index in [9.17, 15) is 4.79 Å². The van der Waals surface area contributed by atoms with Gasteiger partial charge < -0.3 is 14.0 Å². The van der Waals surface area contributed by atoms with Gasteiger partial charge in [0.15, 0.2) is 0 Å². The van der Waals surface area contributed by atoms with E-state index in [-0.39, 0.29) is 11.9 Å². The highest BCUT2D eigenvalue weighted by atomic mass is 16.5. The fourth-order valence-corrected chi connectivity index (χ4v) is 3.85. The van der Waals surface area contributed by atoms with E-state index in [1.807, 2.05) is 64.2 Å². The molecule has 0 radical (unpaired) electrons. The monoisotopic (exact) mass is 363 g/mol. The van der Waals surface area contributed by atoms with Crippen molar-refractivity contribution in [2.75, 3.05) is 20.3 Å². The SMILES string of the molecule is COCC[C@H]1CCCCN1C(=O)c1ccc2nc(-c3ccccc3)cn2c1. The first kappa shape index (κ1) is 17.7. The Hall–Kier alpha value is -2.66. The number of benzene rings is 1. The van der Waals surface area contributed by atoms with Gasteiger partial charge in [0.05, 0.1) is 11.3 Å². The topological polar surface area (TPSA) is 46.8 Å².